The summed E-state index contributed by atoms with van der Waals surface area (Å²) >= 11 is 0. The van der Waals surface area contributed by atoms with E-state index in [1.54, 1.807) is 50.8 Å². The number of carboxylic acids is 1. The highest BCUT2D eigenvalue weighted by molar-refractivity contribution is 6.31. The number of nitrogens with zero attached hydrogens (tertiary/aromatic N) is 2. The van der Waals surface area contributed by atoms with Gasteiger partial charge in [-0.25, -0.2) is 4.79 Å². The predicted octanol–water partition coefficient (Wildman–Crippen LogP) is 8.92. The van der Waals surface area contributed by atoms with E-state index >= 15 is 0 Å². The number of halogens is 2. The van der Waals surface area contributed by atoms with E-state index in [1.165, 1.54) is 96.4 Å². The van der Waals surface area contributed by atoms with Crippen LogP contribution in [0.3, 0.4) is 0 Å². The zero-order chi connectivity index (χ0) is 72.6. The van der Waals surface area contributed by atoms with Gasteiger partial charge < -0.3 is 77.8 Å². The quantitative estimate of drug-likeness (QED) is 0.0780. The topological polar surface area (TPSA) is 338 Å². The van der Waals surface area contributed by atoms with Gasteiger partial charge in [0.25, 0.3) is 11.7 Å². The number of aromatic hydroxyl groups is 1. The van der Waals surface area contributed by atoms with Crippen LogP contribution in [0.25, 0.3) is 22.0 Å². The lowest BCUT2D eigenvalue weighted by Crippen LogP contribution is -2.50. The van der Waals surface area contributed by atoms with Crippen LogP contribution in [-0.2, 0) is 58.9 Å². The summed E-state index contributed by atoms with van der Waals surface area (Å²) in [6.07, 6.45) is 0.488. The first kappa shape index (κ1) is 72.3. The number of carboxylic acid groups (broad SMARTS) is 1. The van der Waals surface area contributed by atoms with E-state index in [4.69, 9.17) is 42.6 Å². The van der Waals surface area contributed by atoms with Crippen molar-refractivity contribution in [2.24, 2.45) is 29.1 Å². The van der Waals surface area contributed by atoms with Crippen molar-refractivity contribution in [2.45, 2.75) is 195 Å². The van der Waals surface area contributed by atoms with Gasteiger partial charge in [0.15, 0.2) is 17.8 Å². The molecule has 8 aliphatic rings. The Labute approximate surface area is 573 Å². The number of hydrogen-bond acceptors (Lipinski definition) is 21. The van der Waals surface area contributed by atoms with E-state index < -0.39 is 190 Å². The minimum Gasteiger partial charge on any atom is -0.507 e. The summed E-state index contributed by atoms with van der Waals surface area (Å²) in [6.45, 7) is 14.7. The molecule has 534 valence electrons. The highest BCUT2D eigenvalue weighted by Gasteiger charge is 2.53. The SMILES string of the molecule is CC(=O)O[C@H]1[C@H](C)[C@H](O)[C@H](C)[C@@H](O)[C@@H](C(C)OC(=O)C(C)(C)CC(=O)N2Cc3cc(-c4ccc5c(=O)c(C(=O)O)cn(C6CC6)c5c4OC(F)F)ccc3[C@H]2C)/C=C/C=C(/C)C(=O)NC2=CC(=O)c3c(c(O)c(C)c4c3C(=O)[C@@](C)(O/C=C/[C@H](O[C@H]3C[C@@H]5OCO[C@@H]5[C@@H](C)O3)[C@H]1C)O4)C2=O. The van der Waals surface area contributed by atoms with Crippen molar-refractivity contribution in [1.29, 1.82) is 0 Å². The highest BCUT2D eigenvalue weighted by atomic mass is 19.3. The number of benzene rings is 3. The molecule has 15 atom stereocenters. The molecule has 5 bridgehead atoms. The standard InChI is InChI=1S/C73H81F2N3O22/c1-31-14-13-15-44(37(7)96-70(91)72(10,11)27-52(81)77-28-41-24-40(16-19-43(41)36(77)6)45-20-21-46-57(66(45)99-71(74)75)78(42-17-18-42)29-47(61(46)85)69(89)90)59(83)33(3)58(82)34(4)63(97-39(9)79)32(2)50(98-53-26-51-65(38(8)95-53)93-30-92-51)22-23-94-73(12)67(87)56-54-49(80)25-48(76-68(31)88)62(86)55(54)60(84)35(5)64(56)100-73/h13-16,19-25,29,32-34,36-38,42,44,50-51,53,58-59,63,65,71,82-84H,17-18,26-28,30H2,1-12H3,(H,76,88)(H,89,90)/b15-13+,23-22+,31-14-/t32-,33+,34-,36-,37?,38-,44-,50+,51+,53+,58-,59-,63-,65-,73+/m1/s1. The molecule has 3 fully saturated rings. The Kier molecular flexibility index (Phi) is 20.1. The maximum absolute atomic E-state index is 14.6. The average molecular weight is 1390 g/mol. The number of fused-ring (bicyclic) bond motifs is 17. The van der Waals surface area contributed by atoms with Crippen LogP contribution in [0.5, 0.6) is 17.2 Å². The van der Waals surface area contributed by atoms with Crippen LogP contribution in [0.1, 0.15) is 172 Å². The summed E-state index contributed by atoms with van der Waals surface area (Å²) in [6, 6.07) is 7.11. The van der Waals surface area contributed by atoms with Gasteiger partial charge in [0.05, 0.1) is 81.5 Å². The number of ketones is 3. The van der Waals surface area contributed by atoms with E-state index in [1.807, 2.05) is 0 Å². The van der Waals surface area contributed by atoms with Gasteiger partial charge in [0.1, 0.15) is 42.2 Å². The monoisotopic (exact) mass is 1390 g/mol. The van der Waals surface area contributed by atoms with Gasteiger partial charge in [-0.15, -0.1) is 0 Å². The molecule has 27 heteroatoms. The molecule has 6 aliphatic heterocycles. The maximum atomic E-state index is 14.6. The number of hydrogen-bond donors (Lipinski definition) is 5. The van der Waals surface area contributed by atoms with Crippen molar-refractivity contribution in [3.63, 3.8) is 0 Å². The molecule has 0 spiro atoms. The summed E-state index contributed by atoms with van der Waals surface area (Å²) < 4.78 is 84.2. The van der Waals surface area contributed by atoms with Gasteiger partial charge in [-0.3, -0.25) is 38.4 Å². The van der Waals surface area contributed by atoms with Crippen LogP contribution < -0.4 is 20.2 Å². The van der Waals surface area contributed by atoms with Crippen LogP contribution in [0.2, 0.25) is 0 Å². The summed E-state index contributed by atoms with van der Waals surface area (Å²) in [5.41, 5.74) is -3.07. The number of carbonyl (C=O) groups excluding carboxylic acids is 7. The van der Waals surface area contributed by atoms with Crippen molar-refractivity contribution < 1.29 is 110 Å². The third-order valence-electron chi connectivity index (χ3n) is 20.3. The Morgan fingerprint density at radius 1 is 0.910 bits per heavy atom. The van der Waals surface area contributed by atoms with Gasteiger partial charge >= 0.3 is 30.3 Å². The van der Waals surface area contributed by atoms with Gasteiger partial charge in [-0.2, -0.15) is 8.78 Å². The zero-order valence-corrected chi connectivity index (χ0v) is 57.2. The zero-order valence-electron chi connectivity index (χ0n) is 57.2. The number of nitrogens with one attached hydrogen (secondary N) is 1. The lowest BCUT2D eigenvalue weighted by atomic mass is 9.77. The van der Waals surface area contributed by atoms with Gasteiger partial charge in [-0.1, -0.05) is 51.1 Å². The minimum atomic E-state index is -3.32. The first-order chi connectivity index (χ1) is 47.1. The Balaban J connectivity index is 0.875. The van der Waals surface area contributed by atoms with Crippen LogP contribution in [0.15, 0.2) is 89.2 Å². The number of pyridine rings is 1. The fourth-order valence-corrected chi connectivity index (χ4v) is 14.3. The molecule has 1 saturated carbocycles. The summed E-state index contributed by atoms with van der Waals surface area (Å²) in [7, 11) is 0. The molecule has 3 aromatic carbocycles. The molecule has 1 unspecified atom stereocenters. The molecule has 12 rings (SSSR count). The third-order valence-corrected chi connectivity index (χ3v) is 20.3. The van der Waals surface area contributed by atoms with Crippen molar-refractivity contribution in [2.75, 3.05) is 6.79 Å². The van der Waals surface area contributed by atoms with E-state index in [2.05, 4.69) is 5.32 Å². The average Bonchev–Trinajstić information content (AvgIpc) is 1.52. The number of Topliss-reactive ketones (excluding diaryl/α,β-unsaturated/α-hetero) is 2. The Morgan fingerprint density at radius 2 is 1.63 bits per heavy atom. The van der Waals surface area contributed by atoms with E-state index in [9.17, 15) is 72.4 Å². The Hall–Kier alpha value is -8.99. The van der Waals surface area contributed by atoms with Gasteiger partial charge in [0, 0.05) is 91.9 Å². The van der Waals surface area contributed by atoms with Crippen LogP contribution >= 0.6 is 0 Å². The van der Waals surface area contributed by atoms with Crippen LogP contribution in [0.4, 0.5) is 8.78 Å². The van der Waals surface area contributed by atoms with Gasteiger partial charge in [-0.05, 0) is 102 Å². The summed E-state index contributed by atoms with van der Waals surface area (Å²) in [5.74, 6) is -15.1. The lowest BCUT2D eigenvalue weighted by molar-refractivity contribution is -0.246. The molecule has 2 amide bonds. The molecule has 2 aliphatic carbocycles. The number of aromatic carboxylic acids is 1. The second kappa shape index (κ2) is 27.9. The number of aliphatic hydroxyl groups excluding tert-OH is 2. The smallest absolute Gasteiger partial charge is 0.387 e. The molecule has 4 aromatic rings. The second-order valence-electron chi connectivity index (χ2n) is 27.8. The first-order valence-electron chi connectivity index (χ1n) is 33.2. The number of amides is 2. The van der Waals surface area contributed by atoms with Crippen molar-refractivity contribution >= 4 is 58.0 Å². The lowest BCUT2D eigenvalue weighted by Gasteiger charge is -2.41. The molecular formula is C73H81F2N3O22. The number of alkyl halides is 2. The number of rotatable bonds is 13. The first-order valence-corrected chi connectivity index (χ1v) is 33.2. The normalized spacial score (nSPS) is 30.1. The molecule has 2 saturated heterocycles. The fraction of sp³-hybridized carbons (Fsp3) is 0.493. The number of carbonyl (C=O) groups is 8. The molecule has 25 nitrogen and oxygen atoms in total. The van der Waals surface area contributed by atoms with Crippen LogP contribution in [-0.4, -0.2) is 151 Å². The minimum absolute atomic E-state index is 0.0209. The van der Waals surface area contributed by atoms with Crippen molar-refractivity contribution in [3.05, 3.63) is 134 Å². The number of phenols is 1. The van der Waals surface area contributed by atoms with Crippen molar-refractivity contribution in [1.82, 2.24) is 14.8 Å². The van der Waals surface area contributed by atoms with E-state index in [0.29, 0.717) is 24.0 Å². The predicted molar refractivity (Wildman–Crippen MR) is 350 cm³/mol. The Morgan fingerprint density at radius 3 is 2.31 bits per heavy atom. The second-order valence-corrected chi connectivity index (χ2v) is 27.8. The molecule has 7 heterocycles. The molecule has 5 N–H and O–H groups in total. The molecule has 0 radical (unpaired) electrons. The largest absolute Gasteiger partial charge is 0.507 e. The molecule has 100 heavy (non-hydrogen) atoms. The highest BCUT2D eigenvalue weighted by Crippen LogP contribution is 2.50. The Bertz CT molecular complexity index is 4240. The number of allylic oxidation sites excluding steroid dienone is 4. The van der Waals surface area contributed by atoms with Crippen molar-refractivity contribution in [3.8, 4) is 28.4 Å². The van der Waals surface area contributed by atoms with E-state index in [-0.39, 0.29) is 70.5 Å². The van der Waals surface area contributed by atoms with Gasteiger partial charge in [0.2, 0.25) is 17.1 Å². The number of aromatic nitrogens is 1. The van der Waals surface area contributed by atoms with E-state index in [0.717, 1.165) is 24.1 Å². The third kappa shape index (κ3) is 13.6. The number of ether oxygens (including phenoxy) is 9. The molecular weight excluding hydrogens is 1310 g/mol. The summed E-state index contributed by atoms with van der Waals surface area (Å²) in [4.78, 5) is 126. The fourth-order valence-electron chi connectivity index (χ4n) is 14.3. The van der Waals surface area contributed by atoms with Crippen LogP contribution in [0, 0.1) is 36.0 Å². The molecule has 1 aromatic heterocycles. The number of esters is 2. The summed E-state index contributed by atoms with van der Waals surface area (Å²) in [5, 5.41) is 48.8. The number of aliphatic hydroxyl groups is 2. The maximum Gasteiger partial charge on any atom is 0.387 e. The number of phenolic OH excluding ortho intramolecular Hbond substituents is 1.